The van der Waals surface area contributed by atoms with Crippen molar-refractivity contribution in [2.75, 3.05) is 7.11 Å². The third-order valence-electron chi connectivity index (χ3n) is 1.61. The van der Waals surface area contributed by atoms with Gasteiger partial charge in [-0.05, 0) is 24.6 Å². The number of ether oxygens (including phenoxy) is 1. The quantitative estimate of drug-likeness (QED) is 0.520. The van der Waals surface area contributed by atoms with Crippen molar-refractivity contribution in [1.29, 1.82) is 0 Å². The van der Waals surface area contributed by atoms with Crippen LogP contribution in [0.1, 0.15) is 11.1 Å². The minimum atomic E-state index is 0.614. The maximum atomic E-state index is 10.1. The van der Waals surface area contributed by atoms with Crippen LogP contribution in [0.3, 0.4) is 0 Å². The van der Waals surface area contributed by atoms with E-state index < -0.39 is 0 Å². The van der Waals surface area contributed by atoms with E-state index in [1.54, 1.807) is 19.4 Å². The van der Waals surface area contributed by atoms with E-state index in [1.165, 1.54) is 6.08 Å². The van der Waals surface area contributed by atoms with E-state index in [0.29, 0.717) is 5.88 Å². The lowest BCUT2D eigenvalue weighted by molar-refractivity contribution is -0.104. The maximum absolute atomic E-state index is 10.1. The number of aldehydes is 1. The molecular weight excluding hydrogens is 166 g/mol. The van der Waals surface area contributed by atoms with Crippen molar-refractivity contribution in [2.45, 2.75) is 6.92 Å². The molecule has 13 heavy (non-hydrogen) atoms. The van der Waals surface area contributed by atoms with Crippen molar-refractivity contribution in [3.63, 3.8) is 0 Å². The molecule has 0 aliphatic heterocycles. The van der Waals surface area contributed by atoms with Crippen LogP contribution < -0.4 is 4.74 Å². The Labute approximate surface area is 77.1 Å². The number of nitrogens with zero attached hydrogens (tertiary/aromatic N) is 1. The highest BCUT2D eigenvalue weighted by molar-refractivity contribution is 5.73. The van der Waals surface area contributed by atoms with Gasteiger partial charge in [-0.1, -0.05) is 6.08 Å². The Morgan fingerprint density at radius 3 is 2.85 bits per heavy atom. The minimum absolute atomic E-state index is 0.614. The van der Waals surface area contributed by atoms with Gasteiger partial charge in [0.15, 0.2) is 0 Å². The molecule has 3 heteroatoms. The van der Waals surface area contributed by atoms with Crippen molar-refractivity contribution >= 4 is 12.4 Å². The lowest BCUT2D eigenvalue weighted by atomic mass is 10.2. The predicted octanol–water partition coefficient (Wildman–Crippen LogP) is 1.61. The number of hydrogen-bond acceptors (Lipinski definition) is 3. The average Bonchev–Trinajstić information content (AvgIpc) is 2.15. The largest absolute Gasteiger partial charge is 0.481 e. The topological polar surface area (TPSA) is 39.2 Å². The van der Waals surface area contributed by atoms with Crippen LogP contribution in [0.25, 0.3) is 6.08 Å². The molecule has 1 rings (SSSR count). The highest BCUT2D eigenvalue weighted by Crippen LogP contribution is 2.14. The second kappa shape index (κ2) is 4.40. The van der Waals surface area contributed by atoms with Crippen molar-refractivity contribution in [2.24, 2.45) is 0 Å². The first-order valence-corrected chi connectivity index (χ1v) is 3.90. The molecule has 0 saturated carbocycles. The second-order valence-corrected chi connectivity index (χ2v) is 2.59. The van der Waals surface area contributed by atoms with Crippen LogP contribution in [0.5, 0.6) is 5.88 Å². The molecule has 1 aromatic rings. The number of aromatic nitrogens is 1. The van der Waals surface area contributed by atoms with E-state index in [0.717, 1.165) is 17.4 Å². The summed E-state index contributed by atoms with van der Waals surface area (Å²) in [4.78, 5) is 14.1. The molecule has 0 saturated heterocycles. The summed E-state index contributed by atoms with van der Waals surface area (Å²) >= 11 is 0. The predicted molar refractivity (Wildman–Crippen MR) is 50.6 cm³/mol. The lowest BCUT2D eigenvalue weighted by Gasteiger charge is -2.02. The number of rotatable bonds is 3. The molecule has 0 unspecified atom stereocenters. The average molecular weight is 177 g/mol. The molecule has 0 N–H and O–H groups in total. The molecule has 0 aliphatic rings. The van der Waals surface area contributed by atoms with Crippen LogP contribution in [-0.4, -0.2) is 18.4 Å². The van der Waals surface area contributed by atoms with Crippen LogP contribution in [-0.2, 0) is 4.79 Å². The van der Waals surface area contributed by atoms with Gasteiger partial charge >= 0.3 is 0 Å². The van der Waals surface area contributed by atoms with Crippen LogP contribution in [0.15, 0.2) is 18.3 Å². The molecule has 0 aromatic carbocycles. The lowest BCUT2D eigenvalue weighted by Crippen LogP contribution is -1.91. The normalized spacial score (nSPS) is 10.3. The molecule has 0 bridgehead atoms. The number of pyridine rings is 1. The fourth-order valence-electron chi connectivity index (χ4n) is 1.04. The molecule has 3 nitrogen and oxygen atoms in total. The molecule has 1 aromatic heterocycles. The Hall–Kier alpha value is -1.64. The van der Waals surface area contributed by atoms with Crippen LogP contribution in [0, 0.1) is 6.92 Å². The summed E-state index contributed by atoms with van der Waals surface area (Å²) in [6.07, 6.45) is 5.53. The van der Waals surface area contributed by atoms with Gasteiger partial charge in [-0.25, -0.2) is 4.98 Å². The van der Waals surface area contributed by atoms with Gasteiger partial charge in [0.2, 0.25) is 5.88 Å². The fraction of sp³-hybridized carbons (Fsp3) is 0.200. The van der Waals surface area contributed by atoms with E-state index >= 15 is 0 Å². The molecule has 1 heterocycles. The molecular formula is C10H11NO2. The smallest absolute Gasteiger partial charge is 0.215 e. The highest BCUT2D eigenvalue weighted by atomic mass is 16.5. The standard InChI is InChI=1S/C10H11NO2/c1-8-6-9(4-3-5-12)7-11-10(8)13-2/h3-7H,1-2H3/b4-3+. The van der Waals surface area contributed by atoms with E-state index in [9.17, 15) is 4.79 Å². The molecule has 0 radical (unpaired) electrons. The van der Waals surface area contributed by atoms with E-state index in [2.05, 4.69) is 4.98 Å². The summed E-state index contributed by atoms with van der Waals surface area (Å²) < 4.78 is 5.00. The first kappa shape index (κ1) is 9.45. The zero-order valence-electron chi connectivity index (χ0n) is 7.65. The maximum Gasteiger partial charge on any atom is 0.215 e. The van der Waals surface area contributed by atoms with Crippen molar-refractivity contribution in [3.8, 4) is 5.88 Å². The number of allylic oxidation sites excluding steroid dienone is 1. The monoisotopic (exact) mass is 177 g/mol. The summed E-state index contributed by atoms with van der Waals surface area (Å²) in [5.41, 5.74) is 1.85. The summed E-state index contributed by atoms with van der Waals surface area (Å²) in [7, 11) is 1.58. The Kier molecular flexibility index (Phi) is 3.20. The Bertz CT molecular complexity index is 332. The fourth-order valence-corrected chi connectivity index (χ4v) is 1.04. The van der Waals surface area contributed by atoms with Gasteiger partial charge in [-0.15, -0.1) is 0 Å². The molecule has 0 spiro atoms. The van der Waals surface area contributed by atoms with Crippen molar-refractivity contribution in [1.82, 2.24) is 4.98 Å². The number of hydrogen-bond donors (Lipinski definition) is 0. The van der Waals surface area contributed by atoms with E-state index in [1.807, 2.05) is 13.0 Å². The molecule has 68 valence electrons. The molecule has 0 fully saturated rings. The molecule has 0 atom stereocenters. The van der Waals surface area contributed by atoms with Gasteiger partial charge in [-0.3, -0.25) is 4.79 Å². The summed E-state index contributed by atoms with van der Waals surface area (Å²) in [5, 5.41) is 0. The van der Waals surface area contributed by atoms with Crippen LogP contribution >= 0.6 is 0 Å². The third-order valence-corrected chi connectivity index (χ3v) is 1.61. The van der Waals surface area contributed by atoms with Gasteiger partial charge in [0, 0.05) is 11.8 Å². The third kappa shape index (κ3) is 2.40. The van der Waals surface area contributed by atoms with Crippen molar-refractivity contribution < 1.29 is 9.53 Å². The Morgan fingerprint density at radius 1 is 1.54 bits per heavy atom. The SMILES string of the molecule is COc1ncc(/C=C/C=O)cc1C. The Morgan fingerprint density at radius 2 is 2.31 bits per heavy atom. The second-order valence-electron chi connectivity index (χ2n) is 2.59. The minimum Gasteiger partial charge on any atom is -0.481 e. The highest BCUT2D eigenvalue weighted by Gasteiger charge is 1.98. The van der Waals surface area contributed by atoms with Gasteiger partial charge in [0.25, 0.3) is 0 Å². The zero-order chi connectivity index (χ0) is 9.68. The van der Waals surface area contributed by atoms with E-state index in [4.69, 9.17) is 4.74 Å². The van der Waals surface area contributed by atoms with Gasteiger partial charge in [0.1, 0.15) is 6.29 Å². The van der Waals surface area contributed by atoms with Gasteiger partial charge in [0.05, 0.1) is 7.11 Å². The van der Waals surface area contributed by atoms with Gasteiger partial charge in [-0.2, -0.15) is 0 Å². The first-order chi connectivity index (χ1) is 6.27. The number of carbonyl (C=O) groups excluding carboxylic acids is 1. The summed E-state index contributed by atoms with van der Waals surface area (Å²) in [6, 6.07) is 1.91. The number of methoxy groups -OCH3 is 1. The van der Waals surface area contributed by atoms with Crippen LogP contribution in [0.4, 0.5) is 0 Å². The zero-order valence-corrected chi connectivity index (χ0v) is 7.65. The summed E-state index contributed by atoms with van der Waals surface area (Å²) in [6.45, 7) is 1.91. The van der Waals surface area contributed by atoms with Gasteiger partial charge < -0.3 is 4.74 Å². The Balaban J connectivity index is 2.95. The van der Waals surface area contributed by atoms with E-state index in [-0.39, 0.29) is 0 Å². The first-order valence-electron chi connectivity index (χ1n) is 3.90. The molecule has 0 aliphatic carbocycles. The summed E-state index contributed by atoms with van der Waals surface area (Å²) in [5.74, 6) is 0.614. The molecule has 0 amide bonds. The van der Waals surface area contributed by atoms with Crippen molar-refractivity contribution in [3.05, 3.63) is 29.5 Å². The number of carbonyl (C=O) groups is 1. The number of aryl methyl sites for hydroxylation is 1. The van der Waals surface area contributed by atoms with Crippen LogP contribution in [0.2, 0.25) is 0 Å².